The first-order chi connectivity index (χ1) is 20.2. The molecule has 0 aromatic rings. The molecule has 0 aromatic carbocycles. The highest BCUT2D eigenvalue weighted by Gasteiger charge is 2.25. The van der Waals surface area contributed by atoms with E-state index >= 15 is 0 Å². The molecule has 0 heterocycles. The summed E-state index contributed by atoms with van der Waals surface area (Å²) in [5, 5.41) is 10.2. The average molecular weight is 626 g/mol. The summed E-state index contributed by atoms with van der Waals surface area (Å²) in [5.74, 6) is 1.45. The van der Waals surface area contributed by atoms with Crippen molar-refractivity contribution < 1.29 is 14.4 Å². The highest BCUT2D eigenvalue weighted by Crippen LogP contribution is 2.24. The topological polar surface area (TPSA) is 87.3 Å². The van der Waals surface area contributed by atoms with Gasteiger partial charge in [-0.3, -0.25) is 14.4 Å². The van der Waals surface area contributed by atoms with Gasteiger partial charge in [0.05, 0.1) is 0 Å². The second-order valence-corrected chi connectivity index (χ2v) is 15.1. The van der Waals surface area contributed by atoms with Gasteiger partial charge < -0.3 is 16.0 Å². The normalized spacial score (nSPS) is 14.0. The van der Waals surface area contributed by atoms with Gasteiger partial charge >= 0.3 is 0 Å². The minimum atomic E-state index is -0.137. The number of hydrogen-bond donors (Lipinski definition) is 3. The predicted octanol–water partition coefficient (Wildman–Crippen LogP) is 9.09. The van der Waals surface area contributed by atoms with Gasteiger partial charge in [0.15, 0.2) is 0 Å². The Labute approximate surface area is 275 Å². The van der Waals surface area contributed by atoms with Crippen LogP contribution in [0.4, 0.5) is 0 Å². The lowest BCUT2D eigenvalue weighted by Gasteiger charge is -2.23. The van der Waals surface area contributed by atoms with E-state index in [1.807, 2.05) is 34.6 Å². The first-order valence-electron chi connectivity index (χ1n) is 18.0. The molecule has 0 bridgehead atoms. The van der Waals surface area contributed by atoms with E-state index in [9.17, 15) is 14.4 Å². The summed E-state index contributed by atoms with van der Waals surface area (Å²) in [6.07, 6.45) is 10.2. The molecule has 0 aromatic heterocycles. The molecule has 0 saturated heterocycles. The fourth-order valence-electron chi connectivity index (χ4n) is 3.75. The van der Waals surface area contributed by atoms with Crippen molar-refractivity contribution in [3.63, 3.8) is 0 Å². The highest BCUT2D eigenvalue weighted by molar-refractivity contribution is 5.84. The zero-order valence-electron chi connectivity index (χ0n) is 32.4. The third kappa shape index (κ3) is 27.2. The molecule has 264 valence electrons. The van der Waals surface area contributed by atoms with E-state index in [1.165, 1.54) is 0 Å². The SMILES string of the molecule is CCC(C)(C)C(=O)CCCNC(C)(C)C.CCC(C)NCCCC(=O)C(C)(C)CC.CCC(C)NCCCC(=O)C(C)CC. The molecule has 0 rings (SSSR count). The third-order valence-corrected chi connectivity index (χ3v) is 9.07. The maximum atomic E-state index is 11.8. The Morgan fingerprint density at radius 3 is 1.23 bits per heavy atom. The Bertz CT molecular complexity index is 740. The smallest absolute Gasteiger partial charge is 0.138 e. The molecule has 6 nitrogen and oxygen atoms in total. The fraction of sp³-hybridized carbons (Fsp3) is 0.921. The predicted molar refractivity (Wildman–Crippen MR) is 194 cm³/mol. The molecule has 0 spiro atoms. The number of hydrogen-bond acceptors (Lipinski definition) is 6. The molecule has 0 fully saturated rings. The van der Waals surface area contributed by atoms with Gasteiger partial charge in [0, 0.05) is 53.6 Å². The van der Waals surface area contributed by atoms with Gasteiger partial charge in [-0.2, -0.15) is 0 Å². The molecule has 0 aliphatic rings. The maximum absolute atomic E-state index is 11.8. The summed E-state index contributed by atoms with van der Waals surface area (Å²) in [4.78, 5) is 35.0. The zero-order chi connectivity index (χ0) is 35.0. The van der Waals surface area contributed by atoms with Crippen LogP contribution in [0.2, 0.25) is 0 Å². The van der Waals surface area contributed by atoms with Crippen LogP contribution in [0.15, 0.2) is 0 Å². The van der Waals surface area contributed by atoms with Gasteiger partial charge in [-0.05, 0) is 106 Å². The summed E-state index contributed by atoms with van der Waals surface area (Å²) in [6, 6.07) is 1.15. The van der Waals surface area contributed by atoms with Crippen molar-refractivity contribution in [3.05, 3.63) is 0 Å². The van der Waals surface area contributed by atoms with Crippen molar-refractivity contribution in [2.75, 3.05) is 19.6 Å². The molecule has 3 atom stereocenters. The van der Waals surface area contributed by atoms with Gasteiger partial charge in [-0.25, -0.2) is 0 Å². The van der Waals surface area contributed by atoms with Crippen LogP contribution < -0.4 is 16.0 Å². The lowest BCUT2D eigenvalue weighted by atomic mass is 9.83. The second-order valence-electron chi connectivity index (χ2n) is 15.1. The second kappa shape index (κ2) is 26.0. The largest absolute Gasteiger partial charge is 0.314 e. The Morgan fingerprint density at radius 2 is 0.909 bits per heavy atom. The van der Waals surface area contributed by atoms with Crippen LogP contribution in [0.25, 0.3) is 0 Å². The number of carbonyl (C=O) groups is 3. The summed E-state index contributed by atoms with van der Waals surface area (Å²) < 4.78 is 0. The van der Waals surface area contributed by atoms with Crippen LogP contribution in [-0.4, -0.2) is 54.6 Å². The Hall–Kier alpha value is -1.11. The van der Waals surface area contributed by atoms with E-state index in [2.05, 4.69) is 85.2 Å². The lowest BCUT2D eigenvalue weighted by molar-refractivity contribution is -0.128. The van der Waals surface area contributed by atoms with Gasteiger partial charge in [0.1, 0.15) is 17.3 Å². The molecule has 0 saturated carbocycles. The molecular formula is C38H79N3O3. The van der Waals surface area contributed by atoms with Gasteiger partial charge in [-0.1, -0.05) is 69.2 Å². The third-order valence-electron chi connectivity index (χ3n) is 9.07. The first-order valence-corrected chi connectivity index (χ1v) is 18.0. The maximum Gasteiger partial charge on any atom is 0.138 e. The molecule has 44 heavy (non-hydrogen) atoms. The molecule has 0 radical (unpaired) electrons. The fourth-order valence-corrected chi connectivity index (χ4v) is 3.75. The quantitative estimate of drug-likeness (QED) is 0.104. The van der Waals surface area contributed by atoms with Crippen LogP contribution in [-0.2, 0) is 14.4 Å². The van der Waals surface area contributed by atoms with E-state index in [4.69, 9.17) is 0 Å². The summed E-state index contributed by atoms with van der Waals surface area (Å²) in [7, 11) is 0. The Morgan fingerprint density at radius 1 is 0.545 bits per heavy atom. The molecular weight excluding hydrogens is 546 g/mol. The number of nitrogens with one attached hydrogen (secondary N) is 3. The minimum absolute atomic E-state index is 0.129. The van der Waals surface area contributed by atoms with Crippen LogP contribution in [0.1, 0.15) is 174 Å². The molecule has 6 heteroatoms. The van der Waals surface area contributed by atoms with Gasteiger partial charge in [0.2, 0.25) is 0 Å². The first kappa shape index (κ1) is 47.3. The van der Waals surface area contributed by atoms with E-state index in [0.29, 0.717) is 42.3 Å². The molecule has 0 aliphatic heterocycles. The van der Waals surface area contributed by atoms with Crippen LogP contribution in [0.5, 0.6) is 0 Å². The van der Waals surface area contributed by atoms with Crippen LogP contribution in [0.3, 0.4) is 0 Å². The van der Waals surface area contributed by atoms with Crippen molar-refractivity contribution in [1.29, 1.82) is 0 Å². The van der Waals surface area contributed by atoms with Crippen molar-refractivity contribution >= 4 is 17.3 Å². The number of Topliss-reactive ketones (excluding diaryl/α,β-unsaturated/α-hetero) is 3. The van der Waals surface area contributed by atoms with E-state index in [0.717, 1.165) is 77.4 Å². The standard InChI is InChI=1S/2C13H27NO.C12H25NO/c1-7-13(5,6)11(15)9-8-10-14-12(2,3)4;1-6-11(3)14-10-8-9-12(15)13(4,5)7-2;1-5-10(3)12(14)8-7-9-13-11(4)6-2/h14H,7-10H2,1-6H3;11,14H,6-10H2,1-5H3;10-11,13H,5-9H2,1-4H3. The van der Waals surface area contributed by atoms with E-state index in [1.54, 1.807) is 0 Å². The molecule has 0 amide bonds. The molecule has 3 N–H and O–H groups in total. The summed E-state index contributed by atoms with van der Waals surface area (Å²) in [6.45, 7) is 34.4. The molecule has 0 aliphatic carbocycles. The summed E-state index contributed by atoms with van der Waals surface area (Å²) >= 11 is 0. The zero-order valence-corrected chi connectivity index (χ0v) is 32.4. The van der Waals surface area contributed by atoms with Crippen molar-refractivity contribution in [2.24, 2.45) is 16.7 Å². The van der Waals surface area contributed by atoms with Crippen LogP contribution in [0, 0.1) is 16.7 Å². The number of rotatable bonds is 22. The van der Waals surface area contributed by atoms with E-state index in [-0.39, 0.29) is 22.3 Å². The Kier molecular flexibility index (Phi) is 28.0. The van der Waals surface area contributed by atoms with Crippen molar-refractivity contribution in [1.82, 2.24) is 16.0 Å². The Balaban J connectivity index is -0.000000574. The minimum Gasteiger partial charge on any atom is -0.314 e. The van der Waals surface area contributed by atoms with Crippen molar-refractivity contribution in [3.8, 4) is 0 Å². The van der Waals surface area contributed by atoms with E-state index < -0.39 is 0 Å². The van der Waals surface area contributed by atoms with Gasteiger partial charge in [0.25, 0.3) is 0 Å². The number of carbonyl (C=O) groups excluding carboxylic acids is 3. The highest BCUT2D eigenvalue weighted by atomic mass is 16.1. The number of ketones is 3. The van der Waals surface area contributed by atoms with Gasteiger partial charge in [-0.15, -0.1) is 0 Å². The molecule has 3 unspecified atom stereocenters. The van der Waals surface area contributed by atoms with Crippen molar-refractivity contribution in [2.45, 2.75) is 192 Å². The van der Waals surface area contributed by atoms with Crippen LogP contribution >= 0.6 is 0 Å². The lowest BCUT2D eigenvalue weighted by Crippen LogP contribution is -2.36. The summed E-state index contributed by atoms with van der Waals surface area (Å²) in [5.41, 5.74) is -0.110. The monoisotopic (exact) mass is 626 g/mol. The average Bonchev–Trinajstić information content (AvgIpc) is 2.98.